The summed E-state index contributed by atoms with van der Waals surface area (Å²) in [6, 6.07) is 19.2. The SMILES string of the molecule is CC(C)c1ccc(CN2CCCN(c3ccc(NC(=O)c4ccc(C(F)(F)F)cc4)cc3)C2=O)cc1. The number of amides is 3. The molecule has 36 heavy (non-hydrogen) atoms. The smallest absolute Gasteiger partial charge is 0.322 e. The zero-order chi connectivity index (χ0) is 25.9. The van der Waals surface area contributed by atoms with Crippen molar-refractivity contribution in [3.8, 4) is 0 Å². The summed E-state index contributed by atoms with van der Waals surface area (Å²) in [5.74, 6) is -0.0611. The van der Waals surface area contributed by atoms with Crippen molar-refractivity contribution in [2.75, 3.05) is 23.3 Å². The van der Waals surface area contributed by atoms with Gasteiger partial charge in [0.2, 0.25) is 0 Å². The summed E-state index contributed by atoms with van der Waals surface area (Å²) < 4.78 is 38.2. The fourth-order valence-corrected chi connectivity index (χ4v) is 4.13. The van der Waals surface area contributed by atoms with Gasteiger partial charge in [-0.15, -0.1) is 0 Å². The van der Waals surface area contributed by atoms with Gasteiger partial charge in [-0.3, -0.25) is 9.69 Å². The fourth-order valence-electron chi connectivity index (χ4n) is 4.13. The van der Waals surface area contributed by atoms with Crippen molar-refractivity contribution in [3.63, 3.8) is 0 Å². The topological polar surface area (TPSA) is 52.6 Å². The Hall–Kier alpha value is -3.81. The van der Waals surface area contributed by atoms with E-state index in [1.165, 1.54) is 5.56 Å². The first-order valence-electron chi connectivity index (χ1n) is 11.9. The zero-order valence-electron chi connectivity index (χ0n) is 20.2. The molecule has 0 atom stereocenters. The molecule has 0 aromatic heterocycles. The maximum absolute atomic E-state index is 13.2. The van der Waals surface area contributed by atoms with Crippen molar-refractivity contribution in [1.29, 1.82) is 0 Å². The number of rotatable bonds is 6. The second-order valence-corrected chi connectivity index (χ2v) is 9.18. The molecule has 0 saturated carbocycles. The predicted molar refractivity (Wildman–Crippen MR) is 134 cm³/mol. The monoisotopic (exact) mass is 495 g/mol. The molecule has 5 nitrogen and oxygen atoms in total. The first kappa shape index (κ1) is 25.3. The number of halogens is 3. The first-order chi connectivity index (χ1) is 17.1. The Morgan fingerprint density at radius 3 is 2.14 bits per heavy atom. The van der Waals surface area contributed by atoms with E-state index in [0.717, 1.165) is 36.2 Å². The van der Waals surface area contributed by atoms with Gasteiger partial charge in [0.25, 0.3) is 5.91 Å². The maximum Gasteiger partial charge on any atom is 0.416 e. The lowest BCUT2D eigenvalue weighted by Gasteiger charge is -2.35. The molecule has 0 aliphatic carbocycles. The molecule has 1 saturated heterocycles. The molecule has 3 amide bonds. The Morgan fingerprint density at radius 1 is 0.917 bits per heavy atom. The van der Waals surface area contributed by atoms with Gasteiger partial charge in [0, 0.05) is 36.6 Å². The number of urea groups is 1. The largest absolute Gasteiger partial charge is 0.416 e. The minimum absolute atomic E-state index is 0.0734. The molecule has 0 spiro atoms. The highest BCUT2D eigenvalue weighted by Crippen LogP contribution is 2.29. The molecule has 1 fully saturated rings. The maximum atomic E-state index is 13.2. The van der Waals surface area contributed by atoms with Gasteiger partial charge in [0.15, 0.2) is 0 Å². The lowest BCUT2D eigenvalue weighted by Crippen LogP contribution is -2.49. The van der Waals surface area contributed by atoms with Crippen LogP contribution in [0, 0.1) is 0 Å². The van der Waals surface area contributed by atoms with E-state index in [0.29, 0.717) is 36.9 Å². The summed E-state index contributed by atoms with van der Waals surface area (Å²) >= 11 is 0. The van der Waals surface area contributed by atoms with E-state index in [2.05, 4.69) is 43.4 Å². The van der Waals surface area contributed by atoms with Gasteiger partial charge in [0.1, 0.15) is 0 Å². The number of carbonyl (C=O) groups is 2. The van der Waals surface area contributed by atoms with Crippen LogP contribution in [-0.2, 0) is 12.7 Å². The Morgan fingerprint density at radius 2 is 1.56 bits per heavy atom. The molecule has 4 rings (SSSR count). The average molecular weight is 496 g/mol. The number of benzene rings is 3. The van der Waals surface area contributed by atoms with Gasteiger partial charge < -0.3 is 10.2 Å². The number of alkyl halides is 3. The number of hydrogen-bond acceptors (Lipinski definition) is 2. The van der Waals surface area contributed by atoms with Gasteiger partial charge in [-0.05, 0) is 72.0 Å². The van der Waals surface area contributed by atoms with E-state index in [1.54, 1.807) is 29.2 Å². The Kier molecular flexibility index (Phi) is 7.33. The summed E-state index contributed by atoms with van der Waals surface area (Å²) in [7, 11) is 0. The molecule has 188 valence electrons. The van der Waals surface area contributed by atoms with Gasteiger partial charge in [-0.1, -0.05) is 38.1 Å². The van der Waals surface area contributed by atoms with E-state index in [4.69, 9.17) is 0 Å². The fraction of sp³-hybridized carbons (Fsp3) is 0.286. The molecular weight excluding hydrogens is 467 g/mol. The molecule has 3 aromatic rings. The van der Waals surface area contributed by atoms with E-state index >= 15 is 0 Å². The third kappa shape index (κ3) is 5.87. The van der Waals surface area contributed by atoms with Crippen molar-refractivity contribution < 1.29 is 22.8 Å². The van der Waals surface area contributed by atoms with E-state index in [1.807, 2.05) is 4.90 Å². The van der Waals surface area contributed by atoms with Crippen LogP contribution < -0.4 is 10.2 Å². The van der Waals surface area contributed by atoms with Crippen LogP contribution in [0.15, 0.2) is 72.8 Å². The highest BCUT2D eigenvalue weighted by molar-refractivity contribution is 6.04. The van der Waals surface area contributed by atoms with E-state index in [9.17, 15) is 22.8 Å². The minimum atomic E-state index is -4.45. The normalized spacial score (nSPS) is 14.3. The Bertz CT molecular complexity index is 1200. The first-order valence-corrected chi connectivity index (χ1v) is 11.9. The number of anilines is 2. The molecule has 1 N–H and O–H groups in total. The highest BCUT2D eigenvalue weighted by Gasteiger charge is 2.30. The summed E-state index contributed by atoms with van der Waals surface area (Å²) in [4.78, 5) is 29.1. The van der Waals surface area contributed by atoms with Crippen molar-refractivity contribution in [1.82, 2.24) is 4.90 Å². The van der Waals surface area contributed by atoms with Gasteiger partial charge >= 0.3 is 12.2 Å². The van der Waals surface area contributed by atoms with Crippen molar-refractivity contribution >= 4 is 23.3 Å². The van der Waals surface area contributed by atoms with E-state index < -0.39 is 17.6 Å². The quantitative estimate of drug-likeness (QED) is 0.404. The van der Waals surface area contributed by atoms with Crippen LogP contribution in [0.1, 0.15) is 53.2 Å². The predicted octanol–water partition coefficient (Wildman–Crippen LogP) is 6.91. The molecule has 1 aliphatic rings. The second kappa shape index (κ2) is 10.4. The van der Waals surface area contributed by atoms with E-state index in [-0.39, 0.29) is 11.6 Å². The van der Waals surface area contributed by atoms with Gasteiger partial charge in [0.05, 0.1) is 5.56 Å². The van der Waals surface area contributed by atoms with Gasteiger partial charge in [-0.25, -0.2) is 4.79 Å². The average Bonchev–Trinajstić information content (AvgIpc) is 2.86. The molecule has 0 radical (unpaired) electrons. The summed E-state index contributed by atoms with van der Waals surface area (Å²) in [5, 5.41) is 2.68. The van der Waals surface area contributed by atoms with Crippen molar-refractivity contribution in [2.24, 2.45) is 0 Å². The second-order valence-electron chi connectivity index (χ2n) is 9.18. The lowest BCUT2D eigenvalue weighted by molar-refractivity contribution is -0.137. The standard InChI is InChI=1S/C28H28F3N3O2/c1-19(2)21-6-4-20(5-7-21)18-33-16-3-17-34(27(33)36)25-14-12-24(13-15-25)32-26(35)22-8-10-23(11-9-22)28(29,30)31/h4-15,19H,3,16-18H2,1-2H3,(H,32,35). The third-order valence-electron chi connectivity index (χ3n) is 6.24. The van der Waals surface area contributed by atoms with Gasteiger partial charge in [-0.2, -0.15) is 13.2 Å². The number of nitrogens with one attached hydrogen (secondary N) is 1. The van der Waals surface area contributed by atoms with Crippen LogP contribution in [-0.4, -0.2) is 29.9 Å². The highest BCUT2D eigenvalue weighted by atomic mass is 19.4. The summed E-state index contributed by atoms with van der Waals surface area (Å²) in [6.45, 7) is 6.11. The van der Waals surface area contributed by atoms with Crippen LogP contribution in [0.3, 0.4) is 0 Å². The van der Waals surface area contributed by atoms with Crippen LogP contribution >= 0.6 is 0 Å². The van der Waals surface area contributed by atoms with Crippen LogP contribution in [0.4, 0.5) is 29.3 Å². The Balaban J connectivity index is 1.38. The summed E-state index contributed by atoms with van der Waals surface area (Å²) in [6.07, 6.45) is -3.62. The zero-order valence-corrected chi connectivity index (χ0v) is 20.2. The number of nitrogens with zero attached hydrogens (tertiary/aromatic N) is 2. The molecule has 8 heteroatoms. The third-order valence-corrected chi connectivity index (χ3v) is 6.24. The number of hydrogen-bond donors (Lipinski definition) is 1. The molecule has 0 bridgehead atoms. The molecule has 0 unspecified atom stereocenters. The van der Waals surface area contributed by atoms with Crippen LogP contribution in [0.2, 0.25) is 0 Å². The Labute approximate surface area is 208 Å². The van der Waals surface area contributed by atoms with Crippen molar-refractivity contribution in [2.45, 2.75) is 38.9 Å². The molecule has 1 aliphatic heterocycles. The molecule has 3 aromatic carbocycles. The summed E-state index contributed by atoms with van der Waals surface area (Å²) in [5.41, 5.74) is 2.85. The lowest BCUT2D eigenvalue weighted by atomic mass is 10.0. The van der Waals surface area contributed by atoms with Crippen molar-refractivity contribution in [3.05, 3.63) is 95.1 Å². The van der Waals surface area contributed by atoms with Crippen LogP contribution in [0.25, 0.3) is 0 Å². The minimum Gasteiger partial charge on any atom is -0.322 e. The molecular formula is C28H28F3N3O2. The van der Waals surface area contributed by atoms with Crippen LogP contribution in [0.5, 0.6) is 0 Å². The number of carbonyl (C=O) groups excluding carboxylic acids is 2. The molecule has 1 heterocycles.